The van der Waals surface area contributed by atoms with Crippen LogP contribution in [0, 0.1) is 23.7 Å². The smallest absolute Gasteiger partial charge is 0.317 e. The van der Waals surface area contributed by atoms with Gasteiger partial charge in [0.2, 0.25) is 0 Å². The maximum Gasteiger partial charge on any atom is 0.317 e. The van der Waals surface area contributed by atoms with Gasteiger partial charge in [0.25, 0.3) is 0 Å². The Hall–Kier alpha value is -1.01. The molecule has 1 aliphatic rings. The zero-order chi connectivity index (χ0) is 13.8. The van der Waals surface area contributed by atoms with Crippen molar-refractivity contribution in [3.63, 3.8) is 0 Å². The lowest BCUT2D eigenvalue weighted by atomic mass is 9.71. The highest BCUT2D eigenvalue weighted by molar-refractivity contribution is 5.69. The van der Waals surface area contributed by atoms with Crippen LogP contribution in [0.3, 0.4) is 0 Å². The highest BCUT2D eigenvalue weighted by atomic mass is 16.4. The number of hydrogen-bond acceptors (Lipinski definition) is 2. The molecule has 1 rings (SSSR count). The first-order valence-electron chi connectivity index (χ1n) is 6.74. The van der Waals surface area contributed by atoms with Crippen LogP contribution in [0.4, 0.5) is 0 Å². The largest absolute Gasteiger partial charge is 0.480 e. The molecule has 1 fully saturated rings. The quantitative estimate of drug-likeness (QED) is 0.781. The predicted octanol–water partition coefficient (Wildman–Crippen LogP) is 2.61. The molecular formula is C15H25NO2. The first-order chi connectivity index (χ1) is 8.34. The van der Waals surface area contributed by atoms with E-state index in [2.05, 4.69) is 26.7 Å². The van der Waals surface area contributed by atoms with Gasteiger partial charge >= 0.3 is 5.97 Å². The molecule has 0 saturated heterocycles. The molecule has 0 atom stereocenters. The monoisotopic (exact) mass is 251 g/mol. The summed E-state index contributed by atoms with van der Waals surface area (Å²) >= 11 is 0. The summed E-state index contributed by atoms with van der Waals surface area (Å²) in [6.07, 6.45) is 9.81. The molecule has 102 valence electrons. The molecule has 18 heavy (non-hydrogen) atoms. The summed E-state index contributed by atoms with van der Waals surface area (Å²) < 4.78 is 0. The van der Waals surface area contributed by atoms with Gasteiger partial charge in [0.1, 0.15) is 0 Å². The molecule has 0 aromatic heterocycles. The zero-order valence-electron chi connectivity index (χ0n) is 11.8. The van der Waals surface area contributed by atoms with Gasteiger partial charge in [0.15, 0.2) is 0 Å². The second kappa shape index (κ2) is 6.24. The molecule has 0 amide bonds. The van der Waals surface area contributed by atoms with E-state index < -0.39 is 5.97 Å². The number of hydrogen-bond donors (Lipinski definition) is 1. The highest BCUT2D eigenvalue weighted by Crippen LogP contribution is 2.38. The van der Waals surface area contributed by atoms with Crippen molar-refractivity contribution in [2.75, 3.05) is 13.1 Å². The Labute approximate surface area is 111 Å². The van der Waals surface area contributed by atoms with Crippen LogP contribution >= 0.6 is 0 Å². The summed E-state index contributed by atoms with van der Waals surface area (Å²) in [4.78, 5) is 12.8. The number of nitrogens with zero attached hydrogens (tertiary/aromatic N) is 1. The van der Waals surface area contributed by atoms with Crippen molar-refractivity contribution in [1.82, 2.24) is 4.90 Å². The molecule has 0 aliphatic heterocycles. The normalized spacial score (nSPS) is 24.8. The lowest BCUT2D eigenvalue weighted by Crippen LogP contribution is -2.42. The second-order valence-corrected chi connectivity index (χ2v) is 6.37. The van der Waals surface area contributed by atoms with Gasteiger partial charge in [0.05, 0.1) is 13.1 Å². The summed E-state index contributed by atoms with van der Waals surface area (Å²) in [6, 6.07) is 0.343. The van der Waals surface area contributed by atoms with Crippen LogP contribution in [-0.2, 0) is 4.79 Å². The first-order valence-corrected chi connectivity index (χ1v) is 6.74. The van der Waals surface area contributed by atoms with Crippen LogP contribution in [0.25, 0.3) is 0 Å². The number of aliphatic carboxylic acids is 1. The van der Waals surface area contributed by atoms with Gasteiger partial charge in [-0.25, -0.2) is 0 Å². The van der Waals surface area contributed by atoms with E-state index in [1.165, 1.54) is 12.8 Å². The molecule has 1 aliphatic carbocycles. The van der Waals surface area contributed by atoms with Crippen LogP contribution in [0.5, 0.6) is 0 Å². The zero-order valence-corrected chi connectivity index (χ0v) is 11.8. The summed E-state index contributed by atoms with van der Waals surface area (Å²) in [5.74, 6) is 2.53. The molecule has 3 heteroatoms. The maximum atomic E-state index is 10.8. The van der Waals surface area contributed by atoms with Crippen molar-refractivity contribution >= 4 is 5.97 Å². The van der Waals surface area contributed by atoms with Crippen LogP contribution in [0.2, 0.25) is 0 Å². The molecule has 0 aromatic carbocycles. The van der Waals surface area contributed by atoms with Gasteiger partial charge in [-0.3, -0.25) is 9.69 Å². The van der Waals surface area contributed by atoms with Crippen LogP contribution in [-0.4, -0.2) is 35.1 Å². The summed E-state index contributed by atoms with van der Waals surface area (Å²) in [6.45, 7) is 7.36. The molecule has 0 spiro atoms. The van der Waals surface area contributed by atoms with E-state index in [1.807, 2.05) is 4.90 Å². The van der Waals surface area contributed by atoms with Gasteiger partial charge in [-0.05, 0) is 37.0 Å². The molecule has 0 unspecified atom stereocenters. The van der Waals surface area contributed by atoms with E-state index in [0.29, 0.717) is 18.0 Å². The molecule has 3 nitrogen and oxygen atoms in total. The predicted molar refractivity (Wildman–Crippen MR) is 73.2 cm³/mol. The Morgan fingerprint density at radius 1 is 1.33 bits per heavy atom. The molecule has 1 N–H and O–H groups in total. The van der Waals surface area contributed by atoms with E-state index >= 15 is 0 Å². The first kappa shape index (κ1) is 15.0. The van der Waals surface area contributed by atoms with Crippen LogP contribution in [0.1, 0.15) is 46.5 Å². The summed E-state index contributed by atoms with van der Waals surface area (Å²) in [5.41, 5.74) is 0.356. The van der Waals surface area contributed by atoms with Crippen molar-refractivity contribution in [1.29, 1.82) is 0 Å². The lowest BCUT2D eigenvalue weighted by Gasteiger charge is -2.40. The molecule has 0 bridgehead atoms. The topological polar surface area (TPSA) is 40.5 Å². The summed E-state index contributed by atoms with van der Waals surface area (Å²) in [5, 5.41) is 8.91. The van der Waals surface area contributed by atoms with Crippen molar-refractivity contribution in [2.45, 2.75) is 52.5 Å². The van der Waals surface area contributed by atoms with E-state index in [4.69, 9.17) is 11.5 Å². The third-order valence-electron chi connectivity index (χ3n) is 4.07. The molecule has 0 aromatic rings. The summed E-state index contributed by atoms with van der Waals surface area (Å²) in [7, 11) is 0. The molecule has 1 saturated carbocycles. The SMILES string of the molecule is C#CCN(CC(=O)O)C1CCC(C(C)(C)C)CC1. The molecule has 0 radical (unpaired) electrons. The number of carboxylic acids is 1. The van der Waals surface area contributed by atoms with Gasteiger partial charge in [-0.1, -0.05) is 26.7 Å². The standard InChI is InChI=1S/C15H25NO2/c1-5-10-16(11-14(17)18)13-8-6-12(7-9-13)15(2,3)4/h1,12-13H,6-11H2,2-4H3,(H,17,18). The van der Waals surface area contributed by atoms with Crippen molar-refractivity contribution < 1.29 is 9.90 Å². The number of terminal acetylenes is 1. The van der Waals surface area contributed by atoms with Crippen LogP contribution < -0.4 is 0 Å². The second-order valence-electron chi connectivity index (χ2n) is 6.37. The van der Waals surface area contributed by atoms with Crippen molar-refractivity contribution in [3.05, 3.63) is 0 Å². The van der Waals surface area contributed by atoms with E-state index in [-0.39, 0.29) is 6.54 Å². The number of carboxylic acid groups (broad SMARTS) is 1. The number of rotatable bonds is 4. The van der Waals surface area contributed by atoms with Gasteiger partial charge < -0.3 is 5.11 Å². The fourth-order valence-corrected chi connectivity index (χ4v) is 2.91. The fourth-order valence-electron chi connectivity index (χ4n) is 2.91. The Morgan fingerprint density at radius 3 is 2.28 bits per heavy atom. The average Bonchev–Trinajstić information content (AvgIpc) is 2.27. The Balaban J connectivity index is 2.54. The number of carbonyl (C=O) groups is 1. The van der Waals surface area contributed by atoms with Gasteiger partial charge in [0, 0.05) is 6.04 Å². The van der Waals surface area contributed by atoms with E-state index in [1.54, 1.807) is 0 Å². The average molecular weight is 251 g/mol. The Kier molecular flexibility index (Phi) is 5.22. The fraction of sp³-hybridized carbons (Fsp3) is 0.800. The van der Waals surface area contributed by atoms with Crippen molar-refractivity contribution in [3.8, 4) is 12.3 Å². The minimum Gasteiger partial charge on any atom is -0.480 e. The van der Waals surface area contributed by atoms with E-state index in [0.717, 1.165) is 18.8 Å². The van der Waals surface area contributed by atoms with Gasteiger partial charge in [-0.2, -0.15) is 0 Å². The Bertz CT molecular complexity index is 316. The molecule has 0 heterocycles. The van der Waals surface area contributed by atoms with Crippen LogP contribution in [0.15, 0.2) is 0 Å². The minimum atomic E-state index is -0.789. The third-order valence-corrected chi connectivity index (χ3v) is 4.07. The molecular weight excluding hydrogens is 226 g/mol. The Morgan fingerprint density at radius 2 is 1.89 bits per heavy atom. The lowest BCUT2D eigenvalue weighted by molar-refractivity contribution is -0.139. The highest BCUT2D eigenvalue weighted by Gasteiger charge is 2.32. The van der Waals surface area contributed by atoms with Crippen molar-refractivity contribution in [2.24, 2.45) is 11.3 Å². The van der Waals surface area contributed by atoms with Gasteiger partial charge in [-0.15, -0.1) is 6.42 Å². The maximum absolute atomic E-state index is 10.8. The third kappa shape index (κ3) is 4.34. The van der Waals surface area contributed by atoms with E-state index in [9.17, 15) is 4.79 Å². The minimum absolute atomic E-state index is 0.0645.